The van der Waals surface area contributed by atoms with Crippen LogP contribution in [-0.2, 0) is 0 Å². The molecule has 0 fully saturated rings. The Morgan fingerprint density at radius 2 is 2.25 bits per heavy atom. The van der Waals surface area contributed by atoms with E-state index >= 15 is 0 Å². The van der Waals surface area contributed by atoms with Crippen molar-refractivity contribution < 1.29 is 4.39 Å². The molecule has 0 saturated carbocycles. The van der Waals surface area contributed by atoms with Gasteiger partial charge in [0.25, 0.3) is 0 Å². The van der Waals surface area contributed by atoms with E-state index in [0.717, 1.165) is 0 Å². The highest BCUT2D eigenvalue weighted by Gasteiger charge is 2.05. The van der Waals surface area contributed by atoms with E-state index in [1.807, 2.05) is 0 Å². The molecule has 1 N–H and O–H groups in total. The molecular formula is C9H4BrFN4S. The van der Waals surface area contributed by atoms with E-state index in [4.69, 9.17) is 5.26 Å². The smallest absolute Gasteiger partial charge is 0.210 e. The Balaban J connectivity index is 2.26. The van der Waals surface area contributed by atoms with Crippen LogP contribution in [0.4, 0.5) is 15.2 Å². The summed E-state index contributed by atoms with van der Waals surface area (Å²) in [6.07, 6.45) is 0. The topological polar surface area (TPSA) is 61.6 Å². The van der Waals surface area contributed by atoms with Crippen LogP contribution < -0.4 is 5.32 Å². The number of halogens is 2. The van der Waals surface area contributed by atoms with Crippen molar-refractivity contribution in [3.05, 3.63) is 33.5 Å². The number of aromatic nitrogens is 2. The quantitative estimate of drug-likeness (QED) is 0.925. The third-order valence-corrected chi connectivity index (χ3v) is 3.01. The fourth-order valence-corrected chi connectivity index (χ4v) is 2.10. The fraction of sp³-hybridized carbons (Fsp3) is 0. The second kappa shape index (κ2) is 4.55. The van der Waals surface area contributed by atoms with Gasteiger partial charge in [0.2, 0.25) is 5.13 Å². The van der Waals surface area contributed by atoms with Crippen molar-refractivity contribution >= 4 is 38.1 Å². The van der Waals surface area contributed by atoms with Crippen LogP contribution in [0.2, 0.25) is 0 Å². The summed E-state index contributed by atoms with van der Waals surface area (Å²) in [5.41, 5.74) is 0.593. The normalized spacial score (nSPS) is 9.81. The molecule has 0 aliphatic heterocycles. The lowest BCUT2D eigenvalue weighted by atomic mass is 10.2. The van der Waals surface area contributed by atoms with Crippen LogP contribution in [0.15, 0.2) is 22.1 Å². The van der Waals surface area contributed by atoms with E-state index in [1.54, 1.807) is 6.07 Å². The van der Waals surface area contributed by atoms with Crippen molar-refractivity contribution in [2.24, 2.45) is 0 Å². The summed E-state index contributed by atoms with van der Waals surface area (Å²) < 4.78 is 13.7. The molecule has 2 rings (SSSR count). The van der Waals surface area contributed by atoms with Crippen LogP contribution in [0, 0.1) is 17.1 Å². The molecule has 0 radical (unpaired) electrons. The highest BCUT2D eigenvalue weighted by molar-refractivity contribution is 9.11. The van der Waals surface area contributed by atoms with Gasteiger partial charge in [0.05, 0.1) is 5.56 Å². The Morgan fingerprint density at radius 1 is 1.44 bits per heavy atom. The van der Waals surface area contributed by atoms with Gasteiger partial charge in [-0.1, -0.05) is 11.3 Å². The van der Waals surface area contributed by atoms with Crippen molar-refractivity contribution in [3.63, 3.8) is 0 Å². The maximum atomic E-state index is 13.0. The van der Waals surface area contributed by atoms with E-state index in [2.05, 4.69) is 31.4 Å². The van der Waals surface area contributed by atoms with Crippen LogP contribution in [-0.4, -0.2) is 10.2 Å². The average Bonchev–Trinajstić information content (AvgIpc) is 2.67. The summed E-state index contributed by atoms with van der Waals surface area (Å²) in [6.45, 7) is 0. The summed E-state index contributed by atoms with van der Waals surface area (Å²) in [5, 5.41) is 19.7. The van der Waals surface area contributed by atoms with Crippen molar-refractivity contribution in [1.82, 2.24) is 10.2 Å². The summed E-state index contributed by atoms with van der Waals surface area (Å²) >= 11 is 4.48. The van der Waals surface area contributed by atoms with Gasteiger partial charge < -0.3 is 5.32 Å². The van der Waals surface area contributed by atoms with Crippen molar-refractivity contribution in [1.29, 1.82) is 5.26 Å². The highest BCUT2D eigenvalue weighted by atomic mass is 79.9. The van der Waals surface area contributed by atoms with Gasteiger partial charge in [0.1, 0.15) is 11.9 Å². The molecule has 1 aromatic heterocycles. The van der Waals surface area contributed by atoms with Crippen LogP contribution in [0.3, 0.4) is 0 Å². The molecule has 4 nitrogen and oxygen atoms in total. The number of hydrogen-bond acceptors (Lipinski definition) is 5. The second-order valence-electron chi connectivity index (χ2n) is 2.79. The predicted octanol–water partition coefficient (Wildman–Crippen LogP) is 3.05. The standard InChI is InChI=1S/C9H4BrFN4S/c10-8-14-15-9(16-8)13-6-1-2-7(11)5(3-6)4-12/h1-3H,(H,13,15). The van der Waals surface area contributed by atoms with Crippen LogP contribution in [0.5, 0.6) is 0 Å². The number of anilines is 2. The lowest BCUT2D eigenvalue weighted by molar-refractivity contribution is 0.624. The number of nitrogens with zero attached hydrogens (tertiary/aromatic N) is 3. The molecule has 1 heterocycles. The molecule has 0 aliphatic carbocycles. The van der Waals surface area contributed by atoms with E-state index in [9.17, 15) is 4.39 Å². The summed E-state index contributed by atoms with van der Waals surface area (Å²) in [5.74, 6) is -0.536. The first kappa shape index (κ1) is 11.0. The Hall–Kier alpha value is -1.52. The maximum Gasteiger partial charge on any atom is 0.210 e. The van der Waals surface area contributed by atoms with Gasteiger partial charge in [0.15, 0.2) is 3.92 Å². The number of rotatable bonds is 2. The average molecular weight is 299 g/mol. The first-order valence-electron chi connectivity index (χ1n) is 4.15. The number of hydrogen-bond donors (Lipinski definition) is 1. The van der Waals surface area contributed by atoms with Gasteiger partial charge in [0, 0.05) is 5.69 Å². The van der Waals surface area contributed by atoms with Gasteiger partial charge >= 0.3 is 0 Å². The monoisotopic (exact) mass is 298 g/mol. The van der Waals surface area contributed by atoms with Gasteiger partial charge in [-0.15, -0.1) is 10.2 Å². The zero-order chi connectivity index (χ0) is 11.5. The molecule has 0 spiro atoms. The Bertz CT molecular complexity index is 563. The zero-order valence-electron chi connectivity index (χ0n) is 7.74. The lowest BCUT2D eigenvalue weighted by Crippen LogP contribution is -1.92. The Labute approximate surface area is 103 Å². The molecule has 0 bridgehead atoms. The zero-order valence-corrected chi connectivity index (χ0v) is 10.1. The summed E-state index contributed by atoms with van der Waals surface area (Å²) in [7, 11) is 0. The highest BCUT2D eigenvalue weighted by Crippen LogP contribution is 2.24. The first-order chi connectivity index (χ1) is 7.69. The van der Waals surface area contributed by atoms with Gasteiger partial charge in [-0.25, -0.2) is 4.39 Å². The van der Waals surface area contributed by atoms with Gasteiger partial charge in [-0.3, -0.25) is 0 Å². The molecule has 2 aromatic rings. The summed E-state index contributed by atoms with van der Waals surface area (Å²) in [6, 6.07) is 5.96. The largest absolute Gasteiger partial charge is 0.330 e. The Kier molecular flexibility index (Phi) is 3.12. The van der Waals surface area contributed by atoms with Crippen LogP contribution in [0.25, 0.3) is 0 Å². The maximum absolute atomic E-state index is 13.0. The molecule has 0 aliphatic rings. The third kappa shape index (κ3) is 2.35. The van der Waals surface area contributed by atoms with Crippen molar-refractivity contribution in [3.8, 4) is 6.07 Å². The molecule has 0 saturated heterocycles. The number of nitrogens with one attached hydrogen (secondary N) is 1. The molecule has 7 heteroatoms. The minimum Gasteiger partial charge on any atom is -0.330 e. The molecular weight excluding hydrogens is 295 g/mol. The SMILES string of the molecule is N#Cc1cc(Nc2nnc(Br)s2)ccc1F. The second-order valence-corrected chi connectivity index (χ2v) is 5.05. The summed E-state index contributed by atoms with van der Waals surface area (Å²) in [4.78, 5) is 0. The molecule has 0 atom stereocenters. The minimum atomic E-state index is -0.536. The molecule has 80 valence electrons. The van der Waals surface area contributed by atoms with E-state index in [-0.39, 0.29) is 5.56 Å². The van der Waals surface area contributed by atoms with E-state index < -0.39 is 5.82 Å². The number of nitriles is 1. The van der Waals surface area contributed by atoms with Crippen molar-refractivity contribution in [2.45, 2.75) is 0 Å². The third-order valence-electron chi connectivity index (χ3n) is 1.74. The molecule has 0 unspecified atom stereocenters. The minimum absolute atomic E-state index is 0.00594. The van der Waals surface area contributed by atoms with Gasteiger partial charge in [-0.2, -0.15) is 5.26 Å². The Morgan fingerprint density at radius 3 is 2.88 bits per heavy atom. The van der Waals surface area contributed by atoms with Crippen molar-refractivity contribution in [2.75, 3.05) is 5.32 Å². The van der Waals surface area contributed by atoms with Crippen LogP contribution in [0.1, 0.15) is 5.56 Å². The first-order valence-corrected chi connectivity index (χ1v) is 5.75. The molecule has 16 heavy (non-hydrogen) atoms. The predicted molar refractivity (Wildman–Crippen MR) is 62.0 cm³/mol. The number of benzene rings is 1. The van der Waals surface area contributed by atoms with Crippen LogP contribution >= 0.6 is 27.3 Å². The fourth-order valence-electron chi connectivity index (χ4n) is 1.07. The van der Waals surface area contributed by atoms with E-state index in [0.29, 0.717) is 14.7 Å². The van der Waals surface area contributed by atoms with E-state index in [1.165, 1.54) is 29.5 Å². The molecule has 0 amide bonds. The molecule has 1 aromatic carbocycles. The van der Waals surface area contributed by atoms with Gasteiger partial charge in [-0.05, 0) is 34.1 Å². The lowest BCUT2D eigenvalue weighted by Gasteiger charge is -2.02.